The highest BCUT2D eigenvalue weighted by molar-refractivity contribution is 8.03. The van der Waals surface area contributed by atoms with E-state index in [-0.39, 0.29) is 11.9 Å². The van der Waals surface area contributed by atoms with Crippen molar-refractivity contribution in [2.75, 3.05) is 19.4 Å². The zero-order valence-corrected chi connectivity index (χ0v) is 15.7. The summed E-state index contributed by atoms with van der Waals surface area (Å²) >= 11 is 7.62. The van der Waals surface area contributed by atoms with Crippen LogP contribution in [0, 0.1) is 5.92 Å². The van der Waals surface area contributed by atoms with E-state index in [0.29, 0.717) is 23.9 Å². The molecular formula is C17H22ClNO4S. The van der Waals surface area contributed by atoms with Gasteiger partial charge in [0.15, 0.2) is 0 Å². The summed E-state index contributed by atoms with van der Waals surface area (Å²) in [6, 6.07) is -0.545. The van der Waals surface area contributed by atoms with Gasteiger partial charge in [-0.1, -0.05) is 30.7 Å². The lowest BCUT2D eigenvalue weighted by Gasteiger charge is -2.33. The average molecular weight is 372 g/mol. The standard InChI is InChI=1S/C17H22ClNO4S/c1-4-24-14-9-10-19(16(14)23-11(2)20)15(17(21)22-3)12-5-7-13(18)8-6-12/h5,7-8,12,15H,4,6,9-10H2,1-3H3/t12?,15-/m0/s1. The van der Waals surface area contributed by atoms with Crippen LogP contribution in [0.3, 0.4) is 0 Å². The number of ether oxygens (including phenoxy) is 2. The Hall–Kier alpha value is -1.40. The Bertz CT molecular complexity index is 599. The van der Waals surface area contributed by atoms with Crippen LogP contribution in [0.2, 0.25) is 0 Å². The molecule has 0 saturated heterocycles. The molecule has 1 aliphatic carbocycles. The fourth-order valence-electron chi connectivity index (χ4n) is 2.91. The zero-order chi connectivity index (χ0) is 17.7. The van der Waals surface area contributed by atoms with E-state index in [1.54, 1.807) is 17.8 Å². The van der Waals surface area contributed by atoms with E-state index in [9.17, 15) is 9.59 Å². The summed E-state index contributed by atoms with van der Waals surface area (Å²) in [7, 11) is 1.37. The van der Waals surface area contributed by atoms with Crippen molar-refractivity contribution in [3.63, 3.8) is 0 Å². The first-order valence-electron chi connectivity index (χ1n) is 7.90. The van der Waals surface area contributed by atoms with E-state index < -0.39 is 12.0 Å². The van der Waals surface area contributed by atoms with Crippen molar-refractivity contribution in [3.8, 4) is 0 Å². The molecule has 0 fully saturated rings. The Morgan fingerprint density at radius 3 is 2.79 bits per heavy atom. The lowest BCUT2D eigenvalue weighted by Crippen LogP contribution is -2.45. The van der Waals surface area contributed by atoms with Crippen molar-refractivity contribution >= 4 is 35.3 Å². The van der Waals surface area contributed by atoms with Gasteiger partial charge in [-0.15, -0.1) is 11.8 Å². The predicted octanol–water partition coefficient (Wildman–Crippen LogP) is 3.42. The minimum atomic E-state index is -0.545. The van der Waals surface area contributed by atoms with Gasteiger partial charge in [-0.2, -0.15) is 0 Å². The Morgan fingerprint density at radius 2 is 2.25 bits per heavy atom. The predicted molar refractivity (Wildman–Crippen MR) is 95.2 cm³/mol. The lowest BCUT2D eigenvalue weighted by molar-refractivity contribution is -0.151. The molecule has 0 aromatic heterocycles. The highest BCUT2D eigenvalue weighted by atomic mass is 35.5. The molecule has 1 heterocycles. The monoisotopic (exact) mass is 371 g/mol. The molecule has 2 aliphatic rings. The first kappa shape index (κ1) is 18.9. The summed E-state index contributed by atoms with van der Waals surface area (Å²) in [5.74, 6) is 0.536. The SMILES string of the molecule is CCSC1=C(OC(C)=O)N([C@H](C(=O)OC)C2C=CC(Cl)=CC2)CC1. The third-order valence-electron chi connectivity index (χ3n) is 3.91. The van der Waals surface area contributed by atoms with Crippen molar-refractivity contribution in [2.24, 2.45) is 5.92 Å². The number of halogens is 1. The molecular weight excluding hydrogens is 350 g/mol. The van der Waals surface area contributed by atoms with Crippen molar-refractivity contribution < 1.29 is 19.1 Å². The van der Waals surface area contributed by atoms with E-state index in [0.717, 1.165) is 17.1 Å². The summed E-state index contributed by atoms with van der Waals surface area (Å²) in [6.45, 7) is 4.03. The Morgan fingerprint density at radius 1 is 1.50 bits per heavy atom. The lowest BCUT2D eigenvalue weighted by atomic mass is 9.91. The molecule has 5 nitrogen and oxygen atoms in total. The molecule has 24 heavy (non-hydrogen) atoms. The van der Waals surface area contributed by atoms with Gasteiger partial charge in [0.2, 0.25) is 5.88 Å². The van der Waals surface area contributed by atoms with Gasteiger partial charge < -0.3 is 14.4 Å². The van der Waals surface area contributed by atoms with Gasteiger partial charge in [0.05, 0.1) is 7.11 Å². The number of rotatable bonds is 6. The van der Waals surface area contributed by atoms with Gasteiger partial charge in [0.25, 0.3) is 0 Å². The van der Waals surface area contributed by atoms with Crippen molar-refractivity contribution in [3.05, 3.63) is 34.0 Å². The molecule has 0 radical (unpaired) electrons. The molecule has 132 valence electrons. The molecule has 1 aliphatic heterocycles. The van der Waals surface area contributed by atoms with Gasteiger partial charge >= 0.3 is 11.9 Å². The van der Waals surface area contributed by atoms with Gasteiger partial charge in [0, 0.05) is 35.7 Å². The fourth-order valence-corrected chi connectivity index (χ4v) is 3.94. The number of hydrogen-bond donors (Lipinski definition) is 0. The molecule has 0 amide bonds. The van der Waals surface area contributed by atoms with Gasteiger partial charge in [-0.25, -0.2) is 4.79 Å². The van der Waals surface area contributed by atoms with E-state index in [4.69, 9.17) is 21.1 Å². The smallest absolute Gasteiger partial charge is 0.329 e. The van der Waals surface area contributed by atoms with Crippen LogP contribution < -0.4 is 0 Å². The first-order chi connectivity index (χ1) is 11.5. The molecule has 7 heteroatoms. The number of carbonyl (C=O) groups is 2. The molecule has 2 atom stereocenters. The second kappa shape index (κ2) is 8.62. The minimum Gasteiger partial charge on any atom is -0.467 e. The number of allylic oxidation sites excluding steroid dienone is 3. The van der Waals surface area contributed by atoms with Crippen molar-refractivity contribution in [1.29, 1.82) is 0 Å². The van der Waals surface area contributed by atoms with Crippen LogP contribution in [0.25, 0.3) is 0 Å². The Kier molecular flexibility index (Phi) is 6.80. The Balaban J connectivity index is 2.32. The second-order valence-corrected chi connectivity index (χ2v) is 7.31. The summed E-state index contributed by atoms with van der Waals surface area (Å²) in [4.78, 5) is 26.8. The number of esters is 2. The average Bonchev–Trinajstić information content (AvgIpc) is 2.92. The van der Waals surface area contributed by atoms with E-state index in [1.807, 2.05) is 24.0 Å². The molecule has 2 rings (SSSR count). The molecule has 0 aromatic carbocycles. The summed E-state index contributed by atoms with van der Waals surface area (Å²) in [5, 5.41) is 0.661. The Labute approximate surface area is 151 Å². The van der Waals surface area contributed by atoms with Crippen LogP contribution in [0.15, 0.2) is 34.0 Å². The highest BCUT2D eigenvalue weighted by Crippen LogP contribution is 2.37. The van der Waals surface area contributed by atoms with Crippen molar-refractivity contribution in [2.45, 2.75) is 32.7 Å². The third-order valence-corrected chi connectivity index (χ3v) is 5.21. The van der Waals surface area contributed by atoms with Crippen LogP contribution in [0.5, 0.6) is 0 Å². The molecule has 0 saturated carbocycles. The largest absolute Gasteiger partial charge is 0.467 e. The molecule has 0 N–H and O–H groups in total. The topological polar surface area (TPSA) is 55.8 Å². The van der Waals surface area contributed by atoms with Crippen LogP contribution in [0.1, 0.15) is 26.7 Å². The van der Waals surface area contributed by atoms with Gasteiger partial charge in [-0.3, -0.25) is 4.79 Å². The van der Waals surface area contributed by atoms with Crippen LogP contribution >= 0.6 is 23.4 Å². The van der Waals surface area contributed by atoms with Gasteiger partial charge in [-0.05, 0) is 18.2 Å². The second-order valence-electron chi connectivity index (χ2n) is 5.51. The normalized spacial score (nSPS) is 21.6. The van der Waals surface area contributed by atoms with E-state index in [1.165, 1.54) is 14.0 Å². The van der Waals surface area contributed by atoms with Crippen molar-refractivity contribution in [1.82, 2.24) is 4.90 Å². The quantitative estimate of drug-likeness (QED) is 0.667. The highest BCUT2D eigenvalue weighted by Gasteiger charge is 2.39. The molecule has 0 bridgehead atoms. The van der Waals surface area contributed by atoms with Crippen LogP contribution in [-0.4, -0.2) is 42.3 Å². The third kappa shape index (κ3) is 4.36. The molecule has 0 aromatic rings. The number of methoxy groups -OCH3 is 1. The number of thioether (sulfide) groups is 1. The maximum atomic E-state index is 12.5. The minimum absolute atomic E-state index is 0.0866. The summed E-state index contributed by atoms with van der Waals surface area (Å²) < 4.78 is 10.5. The number of nitrogens with zero attached hydrogens (tertiary/aromatic N) is 1. The van der Waals surface area contributed by atoms with E-state index >= 15 is 0 Å². The first-order valence-corrected chi connectivity index (χ1v) is 9.27. The van der Waals surface area contributed by atoms with Crippen LogP contribution in [0.4, 0.5) is 0 Å². The zero-order valence-electron chi connectivity index (χ0n) is 14.1. The molecule has 0 spiro atoms. The summed E-state index contributed by atoms with van der Waals surface area (Å²) in [5.41, 5.74) is 0. The number of carbonyl (C=O) groups excluding carboxylic acids is 2. The maximum absolute atomic E-state index is 12.5. The van der Waals surface area contributed by atoms with Crippen LogP contribution in [-0.2, 0) is 19.1 Å². The fraction of sp³-hybridized carbons (Fsp3) is 0.529. The maximum Gasteiger partial charge on any atom is 0.329 e. The summed E-state index contributed by atoms with van der Waals surface area (Å²) in [6.07, 6.45) is 6.98. The molecule has 1 unspecified atom stereocenters. The van der Waals surface area contributed by atoms with Gasteiger partial charge in [0.1, 0.15) is 6.04 Å². The van der Waals surface area contributed by atoms with E-state index in [2.05, 4.69) is 0 Å². The number of hydrogen-bond acceptors (Lipinski definition) is 6.